The molecule has 1 aromatic carbocycles. The van der Waals surface area contributed by atoms with Crippen molar-refractivity contribution in [2.75, 3.05) is 6.54 Å². The molecule has 1 aromatic heterocycles. The summed E-state index contributed by atoms with van der Waals surface area (Å²) in [5.74, 6) is -0.150. The van der Waals surface area contributed by atoms with E-state index in [1.165, 1.54) is 0 Å². The molecule has 0 fully saturated rings. The first kappa shape index (κ1) is 10.2. The lowest BCUT2D eigenvalue weighted by molar-refractivity contribution is -0.121. The minimum atomic E-state index is -0.150. The predicted molar refractivity (Wildman–Crippen MR) is 60.6 cm³/mol. The summed E-state index contributed by atoms with van der Waals surface area (Å²) in [4.78, 5) is 11.4. The van der Waals surface area contributed by atoms with Gasteiger partial charge >= 0.3 is 0 Å². The molecule has 0 aliphatic rings. The Morgan fingerprint density at radius 3 is 3.00 bits per heavy atom. The first-order valence-corrected chi connectivity index (χ1v) is 4.99. The first-order chi connectivity index (χ1) is 7.81. The van der Waals surface area contributed by atoms with Crippen molar-refractivity contribution in [2.45, 2.75) is 6.54 Å². The second kappa shape index (κ2) is 4.49. The van der Waals surface area contributed by atoms with Gasteiger partial charge in [0.25, 0.3) is 0 Å². The summed E-state index contributed by atoms with van der Waals surface area (Å²) in [6.45, 7) is 0.299. The molecule has 0 bridgehead atoms. The fraction of sp³-hybridized carbons (Fsp3) is 0.167. The Bertz CT molecular complexity index is 551. The van der Waals surface area contributed by atoms with Crippen LogP contribution in [0.2, 0.25) is 0 Å². The highest BCUT2D eigenvalue weighted by Gasteiger charge is 2.04. The molecule has 0 saturated heterocycles. The van der Waals surface area contributed by atoms with E-state index in [2.05, 4.69) is 5.32 Å². The molecule has 0 spiro atoms. The third-order valence-corrected chi connectivity index (χ3v) is 2.36. The van der Waals surface area contributed by atoms with Gasteiger partial charge in [-0.25, -0.2) is 0 Å². The molecule has 1 amide bonds. The van der Waals surface area contributed by atoms with Crippen LogP contribution >= 0.6 is 0 Å². The molecule has 2 rings (SSSR count). The minimum absolute atomic E-state index is 0.0536. The number of hydrogen-bond donors (Lipinski definition) is 1. The fourth-order valence-electron chi connectivity index (χ4n) is 1.63. The van der Waals surface area contributed by atoms with Gasteiger partial charge in [-0.1, -0.05) is 18.2 Å². The molecular weight excluding hydrogens is 202 g/mol. The van der Waals surface area contributed by atoms with Crippen molar-refractivity contribution < 1.29 is 4.79 Å². The zero-order chi connectivity index (χ0) is 11.4. The van der Waals surface area contributed by atoms with Gasteiger partial charge in [-0.2, -0.15) is 5.26 Å². The first-order valence-electron chi connectivity index (χ1n) is 4.99. The van der Waals surface area contributed by atoms with Crippen LogP contribution < -0.4 is 5.32 Å². The quantitative estimate of drug-likeness (QED) is 0.781. The molecule has 0 saturated carbocycles. The Kier molecular flexibility index (Phi) is 2.88. The Hall–Kier alpha value is -2.28. The number of aromatic nitrogens is 1. The molecule has 1 heterocycles. The van der Waals surface area contributed by atoms with E-state index >= 15 is 0 Å². The van der Waals surface area contributed by atoms with Crippen LogP contribution in [0.3, 0.4) is 0 Å². The largest absolute Gasteiger partial charge is 0.341 e. The van der Waals surface area contributed by atoms with E-state index in [1.54, 1.807) is 0 Å². The number of amides is 1. The molecule has 0 radical (unpaired) electrons. The van der Waals surface area contributed by atoms with Gasteiger partial charge in [0.2, 0.25) is 5.91 Å². The molecule has 1 N–H and O–H groups in total. The summed E-state index contributed by atoms with van der Waals surface area (Å²) < 4.78 is 1.86. The van der Waals surface area contributed by atoms with Crippen molar-refractivity contribution in [3.63, 3.8) is 0 Å². The highest BCUT2D eigenvalue weighted by Crippen LogP contribution is 2.14. The number of nitrogens with one attached hydrogen (secondary N) is 1. The Morgan fingerprint density at radius 1 is 1.38 bits per heavy atom. The van der Waals surface area contributed by atoms with E-state index in [-0.39, 0.29) is 19.0 Å². The van der Waals surface area contributed by atoms with Crippen molar-refractivity contribution in [3.05, 3.63) is 36.5 Å². The molecule has 4 heteroatoms. The van der Waals surface area contributed by atoms with E-state index in [0.717, 1.165) is 10.9 Å². The summed E-state index contributed by atoms with van der Waals surface area (Å²) in [7, 11) is 0. The molecule has 2 aromatic rings. The lowest BCUT2D eigenvalue weighted by Crippen LogP contribution is -2.27. The third kappa shape index (κ3) is 2.04. The molecule has 4 nitrogen and oxygen atoms in total. The molecule has 16 heavy (non-hydrogen) atoms. The predicted octanol–water partition coefficient (Wildman–Crippen LogP) is 1.28. The van der Waals surface area contributed by atoms with Crippen LogP contribution in [0.1, 0.15) is 0 Å². The van der Waals surface area contributed by atoms with Gasteiger partial charge in [0.1, 0.15) is 13.1 Å². The van der Waals surface area contributed by atoms with Gasteiger partial charge < -0.3 is 9.88 Å². The number of benzene rings is 1. The average molecular weight is 213 g/mol. The molecule has 0 aliphatic carbocycles. The van der Waals surface area contributed by atoms with Gasteiger partial charge in [-0.15, -0.1) is 0 Å². The normalized spacial score (nSPS) is 9.94. The molecule has 0 atom stereocenters. The van der Waals surface area contributed by atoms with E-state index < -0.39 is 0 Å². The highest BCUT2D eigenvalue weighted by molar-refractivity contribution is 5.83. The van der Waals surface area contributed by atoms with Gasteiger partial charge in [0.15, 0.2) is 0 Å². The number of nitrogens with zero attached hydrogens (tertiary/aromatic N) is 2. The van der Waals surface area contributed by atoms with Gasteiger partial charge in [-0.3, -0.25) is 4.79 Å². The van der Waals surface area contributed by atoms with Crippen molar-refractivity contribution in [1.82, 2.24) is 9.88 Å². The SMILES string of the molecule is N#CCNC(=O)Cn1ccc2ccccc21. The lowest BCUT2D eigenvalue weighted by Gasteiger charge is -2.04. The number of fused-ring (bicyclic) bond motifs is 1. The number of carbonyl (C=O) groups excluding carboxylic acids is 1. The second-order valence-electron chi connectivity index (χ2n) is 3.44. The summed E-state index contributed by atoms with van der Waals surface area (Å²) in [6, 6.07) is 11.7. The lowest BCUT2D eigenvalue weighted by atomic mass is 10.2. The Balaban J connectivity index is 2.16. The fourth-order valence-corrected chi connectivity index (χ4v) is 1.63. The standard InChI is InChI=1S/C12H11N3O/c13-6-7-14-12(16)9-15-8-5-10-3-1-2-4-11(10)15/h1-5,8H,7,9H2,(H,14,16). The van der Waals surface area contributed by atoms with Crippen molar-refractivity contribution in [1.29, 1.82) is 5.26 Å². The highest BCUT2D eigenvalue weighted by atomic mass is 16.1. The number of hydrogen-bond acceptors (Lipinski definition) is 2. The Labute approximate surface area is 93.1 Å². The van der Waals surface area contributed by atoms with E-state index in [0.29, 0.717) is 0 Å². The summed E-state index contributed by atoms with van der Waals surface area (Å²) in [6.07, 6.45) is 1.87. The van der Waals surface area contributed by atoms with Gasteiger partial charge in [0.05, 0.1) is 6.07 Å². The zero-order valence-corrected chi connectivity index (χ0v) is 8.68. The maximum absolute atomic E-state index is 11.4. The van der Waals surface area contributed by atoms with E-state index in [9.17, 15) is 4.79 Å². The zero-order valence-electron chi connectivity index (χ0n) is 8.68. The van der Waals surface area contributed by atoms with Gasteiger partial charge in [-0.05, 0) is 17.5 Å². The van der Waals surface area contributed by atoms with Crippen LogP contribution in [0.5, 0.6) is 0 Å². The van der Waals surface area contributed by atoms with Crippen LogP contribution in [-0.2, 0) is 11.3 Å². The number of carbonyl (C=O) groups is 1. The second-order valence-corrected chi connectivity index (χ2v) is 3.44. The van der Waals surface area contributed by atoms with E-state index in [4.69, 9.17) is 5.26 Å². The molecular formula is C12H11N3O. The van der Waals surface area contributed by atoms with Crippen LogP contribution in [0, 0.1) is 11.3 Å². The van der Waals surface area contributed by atoms with Crippen LogP contribution in [-0.4, -0.2) is 17.0 Å². The number of rotatable bonds is 3. The third-order valence-electron chi connectivity index (χ3n) is 2.36. The van der Waals surface area contributed by atoms with Gasteiger partial charge in [0, 0.05) is 11.7 Å². The molecule has 0 aliphatic heterocycles. The minimum Gasteiger partial charge on any atom is -0.341 e. The van der Waals surface area contributed by atoms with Crippen molar-refractivity contribution in [2.24, 2.45) is 0 Å². The number of para-hydroxylation sites is 1. The average Bonchev–Trinajstić information content (AvgIpc) is 2.70. The van der Waals surface area contributed by atoms with Crippen LogP contribution in [0.4, 0.5) is 0 Å². The monoisotopic (exact) mass is 213 g/mol. The van der Waals surface area contributed by atoms with Crippen LogP contribution in [0.25, 0.3) is 10.9 Å². The Morgan fingerprint density at radius 2 is 2.19 bits per heavy atom. The van der Waals surface area contributed by atoms with Crippen LogP contribution in [0.15, 0.2) is 36.5 Å². The summed E-state index contributed by atoms with van der Waals surface area (Å²) in [5, 5.41) is 12.0. The summed E-state index contributed by atoms with van der Waals surface area (Å²) >= 11 is 0. The maximum Gasteiger partial charge on any atom is 0.240 e. The topological polar surface area (TPSA) is 57.8 Å². The smallest absolute Gasteiger partial charge is 0.240 e. The molecule has 0 unspecified atom stereocenters. The maximum atomic E-state index is 11.4. The van der Waals surface area contributed by atoms with E-state index in [1.807, 2.05) is 47.2 Å². The number of nitriles is 1. The summed E-state index contributed by atoms with van der Waals surface area (Å²) in [5.41, 5.74) is 1.02. The van der Waals surface area contributed by atoms with Crippen molar-refractivity contribution in [3.8, 4) is 6.07 Å². The molecule has 80 valence electrons. The van der Waals surface area contributed by atoms with Crippen molar-refractivity contribution >= 4 is 16.8 Å².